The van der Waals surface area contributed by atoms with Gasteiger partial charge in [0.05, 0.1) is 16.8 Å². The fourth-order valence-electron chi connectivity index (χ4n) is 3.87. The summed E-state index contributed by atoms with van der Waals surface area (Å²) >= 11 is 7.68. The predicted molar refractivity (Wildman–Crippen MR) is 117 cm³/mol. The van der Waals surface area contributed by atoms with Gasteiger partial charge in [0.2, 0.25) is 5.91 Å². The second-order valence-electron chi connectivity index (χ2n) is 7.34. The number of nitrogens with one attached hydrogen (secondary N) is 1. The van der Waals surface area contributed by atoms with E-state index in [4.69, 9.17) is 16.6 Å². The molecule has 4 rings (SSSR count). The van der Waals surface area contributed by atoms with Crippen molar-refractivity contribution in [1.29, 1.82) is 0 Å². The summed E-state index contributed by atoms with van der Waals surface area (Å²) in [6, 6.07) is 14.2. The van der Waals surface area contributed by atoms with Gasteiger partial charge in [-0.3, -0.25) is 4.79 Å². The maximum atomic E-state index is 12.5. The number of halogens is 1. The first-order valence-electron chi connectivity index (χ1n) is 9.77. The smallest absolute Gasteiger partial charge is 0.234 e. The van der Waals surface area contributed by atoms with Gasteiger partial charge in [-0.2, -0.15) is 0 Å². The second-order valence-corrected chi connectivity index (χ2v) is 8.72. The highest BCUT2D eigenvalue weighted by molar-refractivity contribution is 7.99. The molecule has 6 heteroatoms. The minimum Gasteiger partial charge on any atom is -0.325 e. The molecule has 1 heterocycles. The van der Waals surface area contributed by atoms with E-state index in [-0.39, 0.29) is 5.91 Å². The van der Waals surface area contributed by atoms with E-state index in [2.05, 4.69) is 16.0 Å². The molecule has 0 aliphatic heterocycles. The number of para-hydroxylation sites is 1. The fraction of sp³-hybridized carbons (Fsp3) is 0.364. The predicted octanol–water partition coefficient (Wildman–Crippen LogP) is 6.23. The normalized spacial score (nSPS) is 15.1. The van der Waals surface area contributed by atoms with Crippen molar-refractivity contribution in [3.63, 3.8) is 0 Å². The molecule has 1 aliphatic carbocycles. The molecule has 3 aromatic rings. The van der Waals surface area contributed by atoms with Crippen molar-refractivity contribution < 1.29 is 4.79 Å². The summed E-state index contributed by atoms with van der Waals surface area (Å²) < 4.78 is 2.33. The zero-order chi connectivity index (χ0) is 19.5. The highest BCUT2D eigenvalue weighted by Gasteiger charge is 2.22. The molecular formula is C22H24ClN3OS. The standard InChI is InChI=1S/C22H24ClN3OS/c1-15-7-5-6-10-18(15)24-21(27)14-28-22-25-19-13-16(23)11-12-20(19)26(22)17-8-3-2-4-9-17/h5-7,10-13,17H,2-4,8-9,14H2,1H3,(H,24,27). The molecular weight excluding hydrogens is 390 g/mol. The zero-order valence-electron chi connectivity index (χ0n) is 16.0. The summed E-state index contributed by atoms with van der Waals surface area (Å²) in [5, 5.41) is 4.60. The van der Waals surface area contributed by atoms with E-state index in [1.54, 1.807) is 0 Å². The molecule has 0 radical (unpaired) electrons. The van der Waals surface area contributed by atoms with Crippen LogP contribution in [0.1, 0.15) is 43.7 Å². The van der Waals surface area contributed by atoms with Gasteiger partial charge in [-0.25, -0.2) is 4.98 Å². The van der Waals surface area contributed by atoms with Crippen LogP contribution in [0.15, 0.2) is 47.6 Å². The van der Waals surface area contributed by atoms with Crippen molar-refractivity contribution in [2.45, 2.75) is 50.2 Å². The van der Waals surface area contributed by atoms with Gasteiger partial charge in [-0.1, -0.05) is 60.8 Å². The number of nitrogens with zero attached hydrogens (tertiary/aromatic N) is 2. The van der Waals surface area contributed by atoms with Gasteiger partial charge < -0.3 is 9.88 Å². The maximum Gasteiger partial charge on any atom is 0.234 e. The third-order valence-electron chi connectivity index (χ3n) is 5.31. The van der Waals surface area contributed by atoms with Crippen molar-refractivity contribution >= 4 is 46.0 Å². The largest absolute Gasteiger partial charge is 0.325 e. The van der Waals surface area contributed by atoms with Crippen LogP contribution in [0.4, 0.5) is 5.69 Å². The number of rotatable bonds is 5. The molecule has 146 valence electrons. The van der Waals surface area contributed by atoms with Crippen molar-refractivity contribution in [1.82, 2.24) is 9.55 Å². The molecule has 1 N–H and O–H groups in total. The number of aryl methyl sites for hydroxylation is 1. The van der Waals surface area contributed by atoms with Gasteiger partial charge in [0.15, 0.2) is 5.16 Å². The molecule has 0 saturated heterocycles. The van der Waals surface area contributed by atoms with Crippen molar-refractivity contribution in [3.8, 4) is 0 Å². The van der Waals surface area contributed by atoms with Gasteiger partial charge >= 0.3 is 0 Å². The number of benzene rings is 2. The second kappa shape index (κ2) is 8.58. The molecule has 2 aromatic carbocycles. The Morgan fingerprint density at radius 3 is 2.79 bits per heavy atom. The van der Waals surface area contributed by atoms with E-state index in [0.717, 1.165) is 40.3 Å². The Hall–Kier alpha value is -1.98. The maximum absolute atomic E-state index is 12.5. The summed E-state index contributed by atoms with van der Waals surface area (Å²) in [6.45, 7) is 2.00. The molecule has 0 atom stereocenters. The van der Waals surface area contributed by atoms with E-state index in [1.807, 2.05) is 43.3 Å². The van der Waals surface area contributed by atoms with Crippen molar-refractivity contribution in [3.05, 3.63) is 53.1 Å². The number of aromatic nitrogens is 2. The molecule has 28 heavy (non-hydrogen) atoms. The summed E-state index contributed by atoms with van der Waals surface area (Å²) in [5.74, 6) is 0.317. The number of hydrogen-bond donors (Lipinski definition) is 1. The van der Waals surface area contributed by atoms with Gasteiger partial charge in [-0.05, 0) is 49.6 Å². The van der Waals surface area contributed by atoms with Crippen molar-refractivity contribution in [2.75, 3.05) is 11.1 Å². The molecule has 1 amide bonds. The van der Waals surface area contributed by atoms with E-state index in [9.17, 15) is 4.79 Å². The lowest BCUT2D eigenvalue weighted by Crippen LogP contribution is -2.17. The lowest BCUT2D eigenvalue weighted by Gasteiger charge is -2.25. The Morgan fingerprint density at radius 1 is 1.21 bits per heavy atom. The van der Waals surface area contributed by atoms with E-state index in [0.29, 0.717) is 16.8 Å². The molecule has 0 spiro atoms. The number of thioether (sulfide) groups is 1. The van der Waals surface area contributed by atoms with Crippen LogP contribution in [0, 0.1) is 6.92 Å². The third-order valence-corrected chi connectivity index (χ3v) is 6.50. The summed E-state index contributed by atoms with van der Waals surface area (Å²) in [4.78, 5) is 17.3. The highest BCUT2D eigenvalue weighted by atomic mass is 35.5. The lowest BCUT2D eigenvalue weighted by atomic mass is 9.95. The minimum absolute atomic E-state index is 0.0143. The first-order chi connectivity index (χ1) is 13.6. The number of amides is 1. The SMILES string of the molecule is Cc1ccccc1NC(=O)CSc1nc2cc(Cl)ccc2n1C1CCCCC1. The van der Waals surface area contributed by atoms with Crippen LogP contribution in [0.5, 0.6) is 0 Å². The lowest BCUT2D eigenvalue weighted by molar-refractivity contribution is -0.113. The van der Waals surface area contributed by atoms with Crippen LogP contribution in [0.2, 0.25) is 5.02 Å². The molecule has 4 nitrogen and oxygen atoms in total. The molecule has 1 fully saturated rings. The number of anilines is 1. The van der Waals surface area contributed by atoms with Gasteiger partial charge in [0.1, 0.15) is 0 Å². The number of imidazole rings is 1. The quantitative estimate of drug-likeness (QED) is 0.504. The number of carbonyl (C=O) groups is 1. The van der Waals surface area contributed by atoms with Crippen LogP contribution >= 0.6 is 23.4 Å². The Labute approximate surface area is 174 Å². The van der Waals surface area contributed by atoms with Gasteiger partial charge in [-0.15, -0.1) is 0 Å². The summed E-state index contributed by atoms with van der Waals surface area (Å²) in [6.07, 6.45) is 6.12. The minimum atomic E-state index is -0.0143. The number of fused-ring (bicyclic) bond motifs is 1. The Balaban J connectivity index is 1.55. The van der Waals surface area contributed by atoms with E-state index >= 15 is 0 Å². The molecule has 1 aromatic heterocycles. The van der Waals surface area contributed by atoms with Crippen molar-refractivity contribution in [2.24, 2.45) is 0 Å². The van der Waals surface area contributed by atoms with Crippen LogP contribution in [-0.2, 0) is 4.79 Å². The summed E-state index contributed by atoms with van der Waals surface area (Å²) in [7, 11) is 0. The highest BCUT2D eigenvalue weighted by Crippen LogP contribution is 2.36. The Kier molecular flexibility index (Phi) is 5.93. The van der Waals surface area contributed by atoms with Gasteiger partial charge in [0, 0.05) is 16.8 Å². The topological polar surface area (TPSA) is 46.9 Å². The van der Waals surface area contributed by atoms with Crippen LogP contribution in [0.3, 0.4) is 0 Å². The average molecular weight is 414 g/mol. The first-order valence-corrected chi connectivity index (χ1v) is 11.1. The Morgan fingerprint density at radius 2 is 2.00 bits per heavy atom. The van der Waals surface area contributed by atoms with E-state index < -0.39 is 0 Å². The molecule has 0 unspecified atom stereocenters. The Bertz CT molecular complexity index is 995. The first kappa shape index (κ1) is 19.3. The summed E-state index contributed by atoms with van der Waals surface area (Å²) in [5.41, 5.74) is 3.93. The van der Waals surface area contributed by atoms with E-state index in [1.165, 1.54) is 31.0 Å². The number of carbonyl (C=O) groups excluding carboxylic acids is 1. The fourth-order valence-corrected chi connectivity index (χ4v) is 4.92. The molecule has 1 aliphatic rings. The van der Waals surface area contributed by atoms with Crippen LogP contribution in [-0.4, -0.2) is 21.2 Å². The monoisotopic (exact) mass is 413 g/mol. The van der Waals surface area contributed by atoms with Crippen LogP contribution in [0.25, 0.3) is 11.0 Å². The molecule has 1 saturated carbocycles. The molecule has 0 bridgehead atoms. The van der Waals surface area contributed by atoms with Crippen LogP contribution < -0.4 is 5.32 Å². The number of hydrogen-bond acceptors (Lipinski definition) is 3. The average Bonchev–Trinajstić information content (AvgIpc) is 3.06. The zero-order valence-corrected chi connectivity index (χ0v) is 17.5. The van der Waals surface area contributed by atoms with Gasteiger partial charge in [0.25, 0.3) is 0 Å². The third kappa shape index (κ3) is 4.20.